The fourth-order valence-corrected chi connectivity index (χ4v) is 1.94. The van der Waals surface area contributed by atoms with Crippen molar-refractivity contribution in [1.82, 2.24) is 9.55 Å². The van der Waals surface area contributed by atoms with Crippen molar-refractivity contribution in [2.75, 3.05) is 0 Å². The van der Waals surface area contributed by atoms with E-state index in [2.05, 4.69) is 10.1 Å². The van der Waals surface area contributed by atoms with Crippen LogP contribution in [0.3, 0.4) is 0 Å². The Kier molecular flexibility index (Phi) is 4.15. The monoisotopic (exact) mass is 298 g/mol. The van der Waals surface area contributed by atoms with Crippen LogP contribution in [0.15, 0.2) is 47.9 Å². The lowest BCUT2D eigenvalue weighted by atomic mass is 10.1. The minimum Gasteiger partial charge on any atom is -0.409 e. The largest absolute Gasteiger partial charge is 0.409 e. The van der Waals surface area contributed by atoms with E-state index in [0.29, 0.717) is 11.4 Å². The maximum atomic E-state index is 13.0. The molecular weight excluding hydrogens is 285 g/mol. The molecule has 0 amide bonds. The van der Waals surface area contributed by atoms with Crippen LogP contribution in [-0.2, 0) is 6.54 Å². The molecular formula is C13H13F3N4O. The Hall–Kier alpha value is -2.51. The maximum absolute atomic E-state index is 13.0. The standard InChI is InChI=1S/C13H13F3N4O/c14-13(15,16)10(11(17)19-21)8-20-7-6-18-12(20)9-4-2-1-3-5-9/h1-7,10,21H,8H2,(H2,17,19). The van der Waals surface area contributed by atoms with Crippen molar-refractivity contribution in [3.63, 3.8) is 0 Å². The Labute approximate surface area is 118 Å². The molecule has 3 N–H and O–H groups in total. The molecule has 2 aromatic rings. The highest BCUT2D eigenvalue weighted by atomic mass is 19.4. The van der Waals surface area contributed by atoms with E-state index < -0.39 is 24.5 Å². The van der Waals surface area contributed by atoms with Gasteiger partial charge in [0.2, 0.25) is 0 Å². The van der Waals surface area contributed by atoms with Crippen molar-refractivity contribution >= 4 is 5.84 Å². The Bertz CT molecular complexity index is 622. The van der Waals surface area contributed by atoms with Crippen LogP contribution in [0.1, 0.15) is 0 Å². The molecule has 0 spiro atoms. The Morgan fingerprint density at radius 2 is 2.00 bits per heavy atom. The van der Waals surface area contributed by atoms with E-state index in [4.69, 9.17) is 10.9 Å². The van der Waals surface area contributed by atoms with Gasteiger partial charge in [-0.2, -0.15) is 13.2 Å². The predicted octanol–water partition coefficient (Wildman–Crippen LogP) is 2.48. The highest BCUT2D eigenvalue weighted by Crippen LogP contribution is 2.29. The highest BCUT2D eigenvalue weighted by Gasteiger charge is 2.43. The number of imidazole rings is 1. The van der Waals surface area contributed by atoms with Crippen molar-refractivity contribution in [3.05, 3.63) is 42.7 Å². The summed E-state index contributed by atoms with van der Waals surface area (Å²) in [5.74, 6) is -2.58. The zero-order valence-corrected chi connectivity index (χ0v) is 10.8. The van der Waals surface area contributed by atoms with Gasteiger partial charge in [0.15, 0.2) is 5.84 Å². The second kappa shape index (κ2) is 5.86. The van der Waals surface area contributed by atoms with Gasteiger partial charge in [0.25, 0.3) is 0 Å². The van der Waals surface area contributed by atoms with E-state index in [1.165, 1.54) is 17.0 Å². The van der Waals surface area contributed by atoms with E-state index in [0.717, 1.165) is 0 Å². The van der Waals surface area contributed by atoms with E-state index in [-0.39, 0.29) is 0 Å². The van der Waals surface area contributed by atoms with E-state index in [1.807, 2.05) is 0 Å². The fraction of sp³-hybridized carbons (Fsp3) is 0.231. The van der Waals surface area contributed by atoms with Crippen LogP contribution < -0.4 is 5.73 Å². The summed E-state index contributed by atoms with van der Waals surface area (Å²) >= 11 is 0. The zero-order chi connectivity index (χ0) is 15.5. The summed E-state index contributed by atoms with van der Waals surface area (Å²) in [5.41, 5.74) is 5.84. The molecule has 0 fully saturated rings. The van der Waals surface area contributed by atoms with Gasteiger partial charge in [0.05, 0.1) is 0 Å². The molecule has 5 nitrogen and oxygen atoms in total. The highest BCUT2D eigenvalue weighted by molar-refractivity contribution is 5.83. The first-order valence-electron chi connectivity index (χ1n) is 6.04. The number of nitrogens with zero attached hydrogens (tertiary/aromatic N) is 3. The summed E-state index contributed by atoms with van der Waals surface area (Å²) in [4.78, 5) is 4.06. The van der Waals surface area contributed by atoms with E-state index in [1.54, 1.807) is 30.3 Å². The molecule has 2 rings (SSSR count). The lowest BCUT2D eigenvalue weighted by molar-refractivity contribution is -0.159. The van der Waals surface area contributed by atoms with Gasteiger partial charge in [-0.1, -0.05) is 35.5 Å². The first kappa shape index (κ1) is 14.9. The number of oxime groups is 1. The Morgan fingerprint density at radius 3 is 2.57 bits per heavy atom. The summed E-state index contributed by atoms with van der Waals surface area (Å²) in [5, 5.41) is 11.0. The molecule has 0 bridgehead atoms. The molecule has 1 atom stereocenters. The molecule has 8 heteroatoms. The third-order valence-corrected chi connectivity index (χ3v) is 2.99. The molecule has 1 unspecified atom stereocenters. The number of alkyl halides is 3. The first-order chi connectivity index (χ1) is 9.93. The van der Waals surface area contributed by atoms with E-state index >= 15 is 0 Å². The maximum Gasteiger partial charge on any atom is 0.400 e. The number of amidine groups is 1. The van der Waals surface area contributed by atoms with Crippen molar-refractivity contribution < 1.29 is 18.4 Å². The smallest absolute Gasteiger partial charge is 0.400 e. The van der Waals surface area contributed by atoms with Crippen LogP contribution in [0.5, 0.6) is 0 Å². The lowest BCUT2D eigenvalue weighted by Crippen LogP contribution is -2.39. The Morgan fingerprint density at radius 1 is 1.33 bits per heavy atom. The number of hydrogen-bond acceptors (Lipinski definition) is 3. The normalized spacial score (nSPS) is 14.1. The van der Waals surface area contributed by atoms with E-state index in [9.17, 15) is 13.2 Å². The number of aromatic nitrogens is 2. The second-order valence-electron chi connectivity index (χ2n) is 4.39. The lowest BCUT2D eigenvalue weighted by Gasteiger charge is -2.20. The fourth-order valence-electron chi connectivity index (χ4n) is 1.94. The van der Waals surface area contributed by atoms with Crippen LogP contribution in [0.25, 0.3) is 11.4 Å². The summed E-state index contributed by atoms with van der Waals surface area (Å²) in [6, 6.07) is 8.81. The molecule has 0 aliphatic carbocycles. The van der Waals surface area contributed by atoms with Crippen LogP contribution in [0, 0.1) is 5.92 Å². The minimum absolute atomic E-state index is 0.385. The molecule has 1 aromatic heterocycles. The molecule has 21 heavy (non-hydrogen) atoms. The quantitative estimate of drug-likeness (QED) is 0.394. The van der Waals surface area contributed by atoms with Gasteiger partial charge in [-0.05, 0) is 0 Å². The second-order valence-corrected chi connectivity index (χ2v) is 4.39. The molecule has 112 valence electrons. The van der Waals surface area contributed by atoms with Crippen LogP contribution >= 0.6 is 0 Å². The van der Waals surface area contributed by atoms with Gasteiger partial charge in [-0.3, -0.25) is 0 Å². The molecule has 1 aromatic carbocycles. The van der Waals surface area contributed by atoms with Gasteiger partial charge in [-0.25, -0.2) is 4.98 Å². The number of hydrogen-bond donors (Lipinski definition) is 2. The topological polar surface area (TPSA) is 76.4 Å². The summed E-state index contributed by atoms with van der Waals surface area (Å²) in [7, 11) is 0. The van der Waals surface area contributed by atoms with Gasteiger partial charge >= 0.3 is 6.18 Å². The van der Waals surface area contributed by atoms with Crippen molar-refractivity contribution in [1.29, 1.82) is 0 Å². The molecule has 0 radical (unpaired) electrons. The molecule has 0 aliphatic rings. The van der Waals surface area contributed by atoms with Crippen LogP contribution in [0.2, 0.25) is 0 Å². The van der Waals surface area contributed by atoms with Crippen LogP contribution in [-0.4, -0.2) is 26.8 Å². The summed E-state index contributed by atoms with van der Waals surface area (Å²) in [6.45, 7) is -0.510. The van der Waals surface area contributed by atoms with Gasteiger partial charge in [-0.15, -0.1) is 0 Å². The van der Waals surface area contributed by atoms with Crippen molar-refractivity contribution in [2.24, 2.45) is 16.8 Å². The first-order valence-corrected chi connectivity index (χ1v) is 6.04. The Balaban J connectivity index is 2.34. The van der Waals surface area contributed by atoms with Crippen molar-refractivity contribution in [3.8, 4) is 11.4 Å². The molecule has 0 aliphatic heterocycles. The zero-order valence-electron chi connectivity index (χ0n) is 10.8. The summed E-state index contributed by atoms with van der Waals surface area (Å²) < 4.78 is 40.3. The number of nitrogens with two attached hydrogens (primary N) is 1. The minimum atomic E-state index is -4.62. The van der Waals surface area contributed by atoms with Gasteiger partial charge in [0, 0.05) is 24.5 Å². The van der Waals surface area contributed by atoms with Crippen LogP contribution in [0.4, 0.5) is 13.2 Å². The third-order valence-electron chi connectivity index (χ3n) is 2.99. The SMILES string of the molecule is N/C(=N/O)C(Cn1ccnc1-c1ccccc1)C(F)(F)F. The number of rotatable bonds is 4. The molecule has 1 heterocycles. The van der Waals surface area contributed by atoms with Gasteiger partial charge in [0.1, 0.15) is 11.7 Å². The van der Waals surface area contributed by atoms with Gasteiger partial charge < -0.3 is 15.5 Å². The number of benzene rings is 1. The average molecular weight is 298 g/mol. The summed E-state index contributed by atoms with van der Waals surface area (Å²) in [6.07, 6.45) is -1.79. The third kappa shape index (κ3) is 3.33. The molecule has 0 saturated carbocycles. The molecule has 0 saturated heterocycles. The van der Waals surface area contributed by atoms with Crippen molar-refractivity contribution in [2.45, 2.75) is 12.7 Å². The number of halogens is 3. The predicted molar refractivity (Wildman–Crippen MR) is 70.6 cm³/mol. The average Bonchev–Trinajstić information content (AvgIpc) is 2.92.